The highest BCUT2D eigenvalue weighted by Gasteiger charge is 2.11. The van der Waals surface area contributed by atoms with Crippen LogP contribution in [0.4, 0.5) is 0 Å². The first kappa shape index (κ1) is 23.3. The Hall–Kier alpha value is -1.69. The Morgan fingerprint density at radius 1 is 0.840 bits per heavy atom. The van der Waals surface area contributed by atoms with Crippen LogP contribution in [0.3, 0.4) is 0 Å². The van der Waals surface area contributed by atoms with Crippen molar-refractivity contribution >= 4 is 5.97 Å². The van der Waals surface area contributed by atoms with Crippen molar-refractivity contribution in [2.45, 2.75) is 70.2 Å². The third-order valence-electron chi connectivity index (χ3n) is 3.59. The van der Waals surface area contributed by atoms with Gasteiger partial charge in [-0.1, -0.05) is 74.8 Å². The van der Waals surface area contributed by atoms with Crippen molar-refractivity contribution in [3.8, 4) is 0 Å². The van der Waals surface area contributed by atoms with Gasteiger partial charge in [0.05, 0.1) is 18.3 Å². The Bertz CT molecular complexity index is 451. The molecular formula is C20H32O5. The van der Waals surface area contributed by atoms with Gasteiger partial charge in [0.2, 0.25) is 0 Å². The number of aliphatic hydroxyl groups is 3. The summed E-state index contributed by atoms with van der Waals surface area (Å²) in [5.41, 5.74) is 0. The predicted octanol–water partition coefficient (Wildman–Crippen LogP) is 3.13. The zero-order valence-electron chi connectivity index (χ0n) is 15.0. The summed E-state index contributed by atoms with van der Waals surface area (Å²) in [4.78, 5) is 10.4. The zero-order valence-corrected chi connectivity index (χ0v) is 15.0. The highest BCUT2D eigenvalue weighted by molar-refractivity contribution is 5.66. The van der Waals surface area contributed by atoms with Crippen LogP contribution in [0, 0.1) is 0 Å². The number of allylic oxidation sites excluding steroid dienone is 6. The van der Waals surface area contributed by atoms with E-state index >= 15 is 0 Å². The van der Waals surface area contributed by atoms with Gasteiger partial charge in [0.1, 0.15) is 0 Å². The Kier molecular flexibility index (Phi) is 14.7. The number of unbranched alkanes of at least 4 members (excludes halogenated alkanes) is 2. The first-order valence-electron chi connectivity index (χ1n) is 8.91. The normalized spacial score (nSPS) is 16.3. The minimum absolute atomic E-state index is 0.0644. The number of aliphatic carboxylic acids is 1. The molecule has 0 aliphatic rings. The summed E-state index contributed by atoms with van der Waals surface area (Å²) >= 11 is 0. The van der Waals surface area contributed by atoms with Gasteiger partial charge in [0.15, 0.2) is 0 Å². The van der Waals surface area contributed by atoms with Crippen molar-refractivity contribution < 1.29 is 25.2 Å². The summed E-state index contributed by atoms with van der Waals surface area (Å²) in [5, 5.41) is 37.6. The summed E-state index contributed by atoms with van der Waals surface area (Å²) in [6, 6.07) is 0. The van der Waals surface area contributed by atoms with Crippen molar-refractivity contribution in [2.75, 3.05) is 0 Å². The van der Waals surface area contributed by atoms with Crippen molar-refractivity contribution in [3.05, 3.63) is 48.6 Å². The maximum Gasteiger partial charge on any atom is 0.303 e. The molecule has 5 nitrogen and oxygen atoms in total. The molecule has 3 atom stereocenters. The molecule has 0 heterocycles. The monoisotopic (exact) mass is 352 g/mol. The van der Waals surface area contributed by atoms with Crippen LogP contribution in [0.25, 0.3) is 0 Å². The third-order valence-corrected chi connectivity index (χ3v) is 3.59. The average molecular weight is 352 g/mol. The van der Waals surface area contributed by atoms with Crippen LogP contribution in [0.15, 0.2) is 48.6 Å². The molecule has 0 amide bonds. The average Bonchev–Trinajstić information content (AvgIpc) is 2.56. The molecule has 0 aliphatic heterocycles. The van der Waals surface area contributed by atoms with Crippen LogP contribution < -0.4 is 0 Å². The molecule has 0 unspecified atom stereocenters. The molecule has 0 bridgehead atoms. The van der Waals surface area contributed by atoms with Crippen LogP contribution in [0.5, 0.6) is 0 Å². The molecule has 25 heavy (non-hydrogen) atoms. The molecule has 0 aromatic carbocycles. The van der Waals surface area contributed by atoms with E-state index in [4.69, 9.17) is 5.11 Å². The number of carbonyl (C=O) groups is 1. The molecule has 5 heteroatoms. The molecule has 0 radical (unpaired) electrons. The predicted molar refractivity (Wildman–Crippen MR) is 100 cm³/mol. The van der Waals surface area contributed by atoms with Crippen LogP contribution in [-0.2, 0) is 4.79 Å². The Balaban J connectivity index is 3.96. The van der Waals surface area contributed by atoms with Gasteiger partial charge in [-0.2, -0.15) is 0 Å². The molecule has 0 aromatic rings. The number of aliphatic hydroxyl groups excluding tert-OH is 3. The molecule has 0 fully saturated rings. The number of carboxylic acid groups (broad SMARTS) is 1. The number of hydrogen-bond acceptors (Lipinski definition) is 4. The van der Waals surface area contributed by atoms with Gasteiger partial charge in [-0.3, -0.25) is 4.79 Å². The van der Waals surface area contributed by atoms with E-state index in [1.807, 2.05) is 0 Å². The first-order valence-corrected chi connectivity index (χ1v) is 8.91. The highest BCUT2D eigenvalue weighted by atomic mass is 16.4. The van der Waals surface area contributed by atoms with Crippen LogP contribution >= 0.6 is 0 Å². The van der Waals surface area contributed by atoms with Gasteiger partial charge in [0, 0.05) is 6.42 Å². The summed E-state index contributed by atoms with van der Waals surface area (Å²) in [7, 11) is 0. The Labute approximate surface area is 150 Å². The second kappa shape index (κ2) is 15.8. The lowest BCUT2D eigenvalue weighted by Crippen LogP contribution is -2.23. The summed E-state index contributed by atoms with van der Waals surface area (Å²) < 4.78 is 0. The summed E-state index contributed by atoms with van der Waals surface area (Å²) in [6.45, 7) is 2.09. The fraction of sp³-hybridized carbons (Fsp3) is 0.550. The van der Waals surface area contributed by atoms with Gasteiger partial charge < -0.3 is 20.4 Å². The highest BCUT2D eigenvalue weighted by Crippen LogP contribution is 2.07. The SMILES string of the molecule is CCCCC[C@H](O)[C@H](O)C=C/C=C/C=C/C=C/[C@@H](O)CCCC(=O)O. The quantitative estimate of drug-likeness (QED) is 0.284. The second-order valence-corrected chi connectivity index (χ2v) is 5.95. The standard InChI is InChI=1S/C20H32O5/c1-2-3-8-14-18(22)19(23)15-10-7-5-4-6-9-12-17(21)13-11-16-20(24)25/h4-7,9-10,12,15,17-19,21-23H,2-3,8,11,13-14,16H2,1H3,(H,24,25)/b6-4+,7-5+,12-9+,15-10?/t17-,18+,19-/m1/s1. The molecular weight excluding hydrogens is 320 g/mol. The van der Waals surface area contributed by atoms with E-state index in [0.29, 0.717) is 19.3 Å². The smallest absolute Gasteiger partial charge is 0.303 e. The molecule has 0 spiro atoms. The molecule has 142 valence electrons. The van der Waals surface area contributed by atoms with Gasteiger partial charge in [-0.25, -0.2) is 0 Å². The van der Waals surface area contributed by atoms with E-state index in [2.05, 4.69) is 6.92 Å². The zero-order chi connectivity index (χ0) is 18.9. The van der Waals surface area contributed by atoms with E-state index in [1.165, 1.54) is 0 Å². The van der Waals surface area contributed by atoms with Gasteiger partial charge in [-0.15, -0.1) is 0 Å². The van der Waals surface area contributed by atoms with Crippen molar-refractivity contribution in [3.63, 3.8) is 0 Å². The number of carboxylic acids is 1. The van der Waals surface area contributed by atoms with E-state index in [0.717, 1.165) is 19.3 Å². The molecule has 0 saturated heterocycles. The maximum atomic E-state index is 10.4. The lowest BCUT2D eigenvalue weighted by molar-refractivity contribution is -0.137. The van der Waals surface area contributed by atoms with E-state index < -0.39 is 24.3 Å². The minimum Gasteiger partial charge on any atom is -0.481 e. The maximum absolute atomic E-state index is 10.4. The van der Waals surface area contributed by atoms with Crippen molar-refractivity contribution in [1.82, 2.24) is 0 Å². The molecule has 0 aromatic heterocycles. The van der Waals surface area contributed by atoms with Crippen LogP contribution in [0.2, 0.25) is 0 Å². The van der Waals surface area contributed by atoms with Crippen LogP contribution in [0.1, 0.15) is 51.9 Å². The van der Waals surface area contributed by atoms with Gasteiger partial charge in [0.25, 0.3) is 0 Å². The third kappa shape index (κ3) is 15.6. The molecule has 0 rings (SSSR count). The fourth-order valence-electron chi connectivity index (χ4n) is 2.09. The second-order valence-electron chi connectivity index (χ2n) is 5.95. The molecule has 4 N–H and O–H groups in total. The van der Waals surface area contributed by atoms with Crippen molar-refractivity contribution in [2.24, 2.45) is 0 Å². The summed E-state index contributed by atoms with van der Waals surface area (Å²) in [5.74, 6) is -0.854. The van der Waals surface area contributed by atoms with E-state index in [9.17, 15) is 20.1 Å². The lowest BCUT2D eigenvalue weighted by atomic mass is 10.1. The summed E-state index contributed by atoms with van der Waals surface area (Å²) in [6.07, 6.45) is 16.0. The molecule has 0 aliphatic carbocycles. The Morgan fingerprint density at radius 3 is 2.04 bits per heavy atom. The van der Waals surface area contributed by atoms with Gasteiger partial charge >= 0.3 is 5.97 Å². The van der Waals surface area contributed by atoms with Crippen molar-refractivity contribution in [1.29, 1.82) is 0 Å². The largest absolute Gasteiger partial charge is 0.481 e. The molecule has 0 saturated carbocycles. The van der Waals surface area contributed by atoms with Crippen LogP contribution in [-0.4, -0.2) is 44.7 Å². The lowest BCUT2D eigenvalue weighted by Gasteiger charge is -2.13. The Morgan fingerprint density at radius 2 is 1.44 bits per heavy atom. The minimum atomic E-state index is -0.855. The van der Waals surface area contributed by atoms with E-state index in [-0.39, 0.29) is 6.42 Å². The number of hydrogen-bond donors (Lipinski definition) is 4. The van der Waals surface area contributed by atoms with Gasteiger partial charge in [-0.05, 0) is 19.3 Å². The fourth-order valence-corrected chi connectivity index (χ4v) is 2.09. The number of rotatable bonds is 14. The topological polar surface area (TPSA) is 98.0 Å². The first-order chi connectivity index (χ1) is 12.0. The van der Waals surface area contributed by atoms with E-state index in [1.54, 1.807) is 48.6 Å².